The number of nitrogens with zero attached hydrogens (tertiary/aromatic N) is 1. The number of anilines is 3. The third-order valence-electron chi connectivity index (χ3n) is 14.6. The van der Waals surface area contributed by atoms with Crippen LogP contribution in [0.25, 0.3) is 88.4 Å². The minimum atomic E-state index is -0.480. The van der Waals surface area contributed by atoms with Crippen LogP contribution in [0.1, 0.15) is 22.3 Å². The highest BCUT2D eigenvalue weighted by atomic mass is 16.3. The highest BCUT2D eigenvalue weighted by Crippen LogP contribution is 2.57. The van der Waals surface area contributed by atoms with E-state index in [2.05, 4.69) is 241 Å². The van der Waals surface area contributed by atoms with Gasteiger partial charge in [-0.15, -0.1) is 0 Å². The molecular weight excluding hydrogens is 851 g/mol. The van der Waals surface area contributed by atoms with Crippen LogP contribution < -0.4 is 4.90 Å². The lowest BCUT2D eigenvalue weighted by Crippen LogP contribution is -2.28. The van der Waals surface area contributed by atoms with Crippen molar-refractivity contribution < 1.29 is 8.83 Å². The molecule has 13 aromatic rings. The SMILES string of the molecule is c1ccc(C2(c3ccccc3)c3ccccc3-c3cc(N(c4ccc(-c5cccc(-c6cccc7c6oc6ccccc67)c5)cc4)c4ccc(-c5ccc6c(c5)oc5ccccc56)cc4)ccc32)cc1. The van der Waals surface area contributed by atoms with E-state index in [-0.39, 0.29) is 0 Å². The molecule has 0 amide bonds. The first-order valence-corrected chi connectivity index (χ1v) is 24.0. The third kappa shape index (κ3) is 6.22. The largest absolute Gasteiger partial charge is 0.456 e. The van der Waals surface area contributed by atoms with E-state index in [0.29, 0.717) is 0 Å². The Balaban J connectivity index is 0.891. The molecule has 0 aliphatic heterocycles. The van der Waals surface area contributed by atoms with Gasteiger partial charge in [0, 0.05) is 44.2 Å². The summed E-state index contributed by atoms with van der Waals surface area (Å²) in [5, 5.41) is 4.52. The first-order valence-electron chi connectivity index (χ1n) is 24.0. The monoisotopic (exact) mass is 893 g/mol. The maximum Gasteiger partial charge on any atom is 0.143 e. The van der Waals surface area contributed by atoms with Gasteiger partial charge in [0.25, 0.3) is 0 Å². The molecular formula is C67H43NO2. The van der Waals surface area contributed by atoms with Crippen LogP contribution >= 0.6 is 0 Å². The summed E-state index contributed by atoms with van der Waals surface area (Å²) in [4.78, 5) is 2.39. The van der Waals surface area contributed by atoms with Gasteiger partial charge in [0.2, 0.25) is 0 Å². The Morgan fingerprint density at radius 2 is 0.771 bits per heavy atom. The van der Waals surface area contributed by atoms with Gasteiger partial charge >= 0.3 is 0 Å². The van der Waals surface area contributed by atoms with E-state index >= 15 is 0 Å². The minimum absolute atomic E-state index is 0.480. The molecule has 14 rings (SSSR count). The Kier molecular flexibility index (Phi) is 9.11. The van der Waals surface area contributed by atoms with E-state index in [1.165, 1.54) is 33.4 Å². The molecule has 0 atom stereocenters. The fraction of sp³-hybridized carbons (Fsp3) is 0.0149. The van der Waals surface area contributed by atoms with Gasteiger partial charge in [0.05, 0.1) is 5.41 Å². The van der Waals surface area contributed by atoms with Crippen molar-refractivity contribution in [3.63, 3.8) is 0 Å². The lowest BCUT2D eigenvalue weighted by molar-refractivity contribution is 0.669. The predicted molar refractivity (Wildman–Crippen MR) is 289 cm³/mol. The Bertz CT molecular complexity index is 4070. The summed E-state index contributed by atoms with van der Waals surface area (Å²) in [6.45, 7) is 0. The molecule has 0 spiro atoms. The van der Waals surface area contributed by atoms with Crippen LogP contribution in [-0.4, -0.2) is 0 Å². The Hall–Kier alpha value is -9.18. The zero-order valence-electron chi connectivity index (χ0n) is 38.1. The average molecular weight is 894 g/mol. The van der Waals surface area contributed by atoms with Crippen LogP contribution in [0.3, 0.4) is 0 Å². The zero-order chi connectivity index (χ0) is 46.2. The lowest BCUT2D eigenvalue weighted by atomic mass is 9.68. The second-order valence-corrected chi connectivity index (χ2v) is 18.4. The number of hydrogen-bond donors (Lipinski definition) is 0. The Morgan fingerprint density at radius 1 is 0.271 bits per heavy atom. The van der Waals surface area contributed by atoms with Crippen molar-refractivity contribution in [3.8, 4) is 44.5 Å². The van der Waals surface area contributed by atoms with Crippen LogP contribution in [0.4, 0.5) is 17.1 Å². The van der Waals surface area contributed by atoms with Crippen molar-refractivity contribution in [2.75, 3.05) is 4.90 Å². The summed E-state index contributed by atoms with van der Waals surface area (Å²) in [7, 11) is 0. The standard InChI is InChI=1S/C67H43NO2/c1-3-17-49(18-4-1)67(50-19-5-2-6-20-50)61-26-10-7-21-55(61)60-43-53(38-40-62(60)67)68(52-36-31-45(32-37-52)47-33-39-58-56-22-8-11-27-63(56)69-65(58)42-47)51-34-29-44(30-35-51)46-15-13-16-48(41-46)54-24-14-25-59-57-23-9-12-28-64(57)70-66(54)59/h1-43H. The molecule has 3 heteroatoms. The summed E-state index contributed by atoms with van der Waals surface area (Å²) >= 11 is 0. The maximum absolute atomic E-state index is 6.46. The van der Waals surface area contributed by atoms with E-state index in [9.17, 15) is 0 Å². The minimum Gasteiger partial charge on any atom is -0.456 e. The Morgan fingerprint density at radius 3 is 1.49 bits per heavy atom. The number of hydrogen-bond acceptors (Lipinski definition) is 3. The predicted octanol–water partition coefficient (Wildman–Crippen LogP) is 18.3. The smallest absolute Gasteiger partial charge is 0.143 e. The molecule has 328 valence electrons. The van der Waals surface area contributed by atoms with E-state index in [0.717, 1.165) is 94.3 Å². The molecule has 0 saturated heterocycles. The summed E-state index contributed by atoms with van der Waals surface area (Å²) in [5.74, 6) is 0. The molecule has 0 saturated carbocycles. The van der Waals surface area contributed by atoms with Crippen LogP contribution in [0, 0.1) is 0 Å². The Labute approximate surface area is 405 Å². The molecule has 1 aliphatic rings. The van der Waals surface area contributed by atoms with Crippen molar-refractivity contribution in [2.24, 2.45) is 0 Å². The van der Waals surface area contributed by atoms with Gasteiger partial charge in [-0.3, -0.25) is 0 Å². The maximum atomic E-state index is 6.46. The van der Waals surface area contributed by atoms with Gasteiger partial charge in [-0.05, 0) is 128 Å². The number of benzene rings is 11. The molecule has 0 radical (unpaired) electrons. The lowest BCUT2D eigenvalue weighted by Gasteiger charge is -2.34. The van der Waals surface area contributed by atoms with Crippen molar-refractivity contribution in [1.29, 1.82) is 0 Å². The molecule has 0 unspecified atom stereocenters. The van der Waals surface area contributed by atoms with E-state index in [1.54, 1.807) is 0 Å². The van der Waals surface area contributed by atoms with Crippen LogP contribution in [0.15, 0.2) is 270 Å². The van der Waals surface area contributed by atoms with Crippen molar-refractivity contribution in [3.05, 3.63) is 283 Å². The third-order valence-corrected chi connectivity index (χ3v) is 14.6. The quantitative estimate of drug-likeness (QED) is 0.152. The van der Waals surface area contributed by atoms with Gasteiger partial charge in [0.15, 0.2) is 0 Å². The van der Waals surface area contributed by atoms with E-state index < -0.39 is 5.41 Å². The zero-order valence-corrected chi connectivity index (χ0v) is 38.1. The molecule has 2 heterocycles. The fourth-order valence-electron chi connectivity index (χ4n) is 11.4. The van der Waals surface area contributed by atoms with Crippen molar-refractivity contribution >= 4 is 60.9 Å². The second-order valence-electron chi connectivity index (χ2n) is 18.4. The van der Waals surface area contributed by atoms with Crippen molar-refractivity contribution in [1.82, 2.24) is 0 Å². The summed E-state index contributed by atoms with van der Waals surface area (Å²) < 4.78 is 12.8. The van der Waals surface area contributed by atoms with E-state index in [4.69, 9.17) is 8.83 Å². The van der Waals surface area contributed by atoms with Gasteiger partial charge in [-0.1, -0.05) is 194 Å². The normalized spacial score (nSPS) is 12.7. The van der Waals surface area contributed by atoms with E-state index in [1.807, 2.05) is 24.3 Å². The summed E-state index contributed by atoms with van der Waals surface area (Å²) in [6, 6.07) is 94.3. The topological polar surface area (TPSA) is 29.5 Å². The second kappa shape index (κ2) is 16.0. The van der Waals surface area contributed by atoms with Gasteiger partial charge < -0.3 is 13.7 Å². The molecule has 1 aliphatic carbocycles. The molecule has 0 N–H and O–H groups in total. The highest BCUT2D eigenvalue weighted by molar-refractivity contribution is 6.10. The molecule has 0 bridgehead atoms. The van der Waals surface area contributed by atoms with Crippen LogP contribution in [0.5, 0.6) is 0 Å². The van der Waals surface area contributed by atoms with Gasteiger partial charge in [-0.25, -0.2) is 0 Å². The first-order chi connectivity index (χ1) is 34.7. The van der Waals surface area contributed by atoms with Crippen LogP contribution in [-0.2, 0) is 5.41 Å². The van der Waals surface area contributed by atoms with Gasteiger partial charge in [0.1, 0.15) is 22.3 Å². The first kappa shape index (κ1) is 39.9. The molecule has 2 aromatic heterocycles. The molecule has 11 aromatic carbocycles. The number of fused-ring (bicyclic) bond motifs is 9. The summed E-state index contributed by atoms with van der Waals surface area (Å²) in [6.07, 6.45) is 0. The molecule has 3 nitrogen and oxygen atoms in total. The molecule has 0 fully saturated rings. The fourth-order valence-corrected chi connectivity index (χ4v) is 11.4. The van der Waals surface area contributed by atoms with Gasteiger partial charge in [-0.2, -0.15) is 0 Å². The van der Waals surface area contributed by atoms with Crippen LogP contribution in [0.2, 0.25) is 0 Å². The summed E-state index contributed by atoms with van der Waals surface area (Å²) in [5.41, 5.74) is 20.6. The van der Waals surface area contributed by atoms with Crippen molar-refractivity contribution in [2.45, 2.75) is 5.41 Å². The number of para-hydroxylation sites is 3. The molecule has 70 heavy (non-hydrogen) atoms. The number of furan rings is 2. The number of rotatable bonds is 8. The highest BCUT2D eigenvalue weighted by Gasteiger charge is 2.46. The average Bonchev–Trinajstić information content (AvgIpc) is 4.10.